The Morgan fingerprint density at radius 1 is 1.43 bits per heavy atom. The van der Waals surface area contributed by atoms with E-state index in [4.69, 9.17) is 10.8 Å². The van der Waals surface area contributed by atoms with Gasteiger partial charge in [0.15, 0.2) is 0 Å². The Hall–Kier alpha value is -1.10. The summed E-state index contributed by atoms with van der Waals surface area (Å²) < 4.78 is 0. The van der Waals surface area contributed by atoms with Crippen molar-refractivity contribution in [3.63, 3.8) is 0 Å². The first-order valence-electron chi connectivity index (χ1n) is 4.76. The molecule has 5 heteroatoms. The highest BCUT2D eigenvalue weighted by atomic mass is 16.4. The van der Waals surface area contributed by atoms with Gasteiger partial charge in [-0.05, 0) is 26.3 Å². The van der Waals surface area contributed by atoms with Gasteiger partial charge in [0.25, 0.3) is 0 Å². The van der Waals surface area contributed by atoms with Gasteiger partial charge >= 0.3 is 5.97 Å². The van der Waals surface area contributed by atoms with Gasteiger partial charge in [0, 0.05) is 18.9 Å². The zero-order valence-electron chi connectivity index (χ0n) is 8.45. The predicted octanol–water partition coefficient (Wildman–Crippen LogP) is 0.0948. The molecule has 4 N–H and O–H groups in total. The lowest BCUT2D eigenvalue weighted by molar-refractivity contribution is -0.137. The fourth-order valence-corrected chi connectivity index (χ4v) is 1.12. The molecule has 0 aromatic rings. The van der Waals surface area contributed by atoms with Crippen molar-refractivity contribution in [1.82, 2.24) is 5.32 Å². The number of carbonyl (C=O) groups is 2. The maximum Gasteiger partial charge on any atom is 0.303 e. The number of carboxylic acid groups (broad SMARTS) is 1. The molecule has 0 saturated heterocycles. The van der Waals surface area contributed by atoms with Crippen molar-refractivity contribution in [3.8, 4) is 0 Å². The number of amides is 1. The molecule has 0 aliphatic heterocycles. The molecule has 82 valence electrons. The van der Waals surface area contributed by atoms with Gasteiger partial charge in [0.1, 0.15) is 0 Å². The van der Waals surface area contributed by atoms with E-state index in [0.717, 1.165) is 13.0 Å². The number of nitrogens with one attached hydrogen (secondary N) is 1. The fraction of sp³-hybridized carbons (Fsp3) is 0.778. The second-order valence-corrected chi connectivity index (χ2v) is 3.38. The topological polar surface area (TPSA) is 92.4 Å². The quantitative estimate of drug-likeness (QED) is 0.486. The Bertz CT molecular complexity index is 194. The summed E-state index contributed by atoms with van der Waals surface area (Å²) >= 11 is 0. The molecular formula is C9H18N2O3. The normalized spacial score (nSPS) is 12.4. The molecule has 0 aromatic carbocycles. The molecule has 5 nitrogen and oxygen atoms in total. The molecule has 1 amide bonds. The SMILES string of the molecule is CC(CC(N)=O)NCCCCC(=O)O. The van der Waals surface area contributed by atoms with Crippen LogP contribution in [0.5, 0.6) is 0 Å². The van der Waals surface area contributed by atoms with Crippen LogP contribution in [0.25, 0.3) is 0 Å². The average molecular weight is 202 g/mol. The lowest BCUT2D eigenvalue weighted by Gasteiger charge is -2.10. The molecular weight excluding hydrogens is 184 g/mol. The van der Waals surface area contributed by atoms with E-state index in [1.54, 1.807) is 0 Å². The largest absolute Gasteiger partial charge is 0.481 e. The van der Waals surface area contributed by atoms with E-state index in [1.807, 2.05) is 6.92 Å². The first kappa shape index (κ1) is 12.9. The highest BCUT2D eigenvalue weighted by molar-refractivity contribution is 5.74. The van der Waals surface area contributed by atoms with Crippen LogP contribution in [0.2, 0.25) is 0 Å². The molecule has 0 fully saturated rings. The predicted molar refractivity (Wildman–Crippen MR) is 52.8 cm³/mol. The summed E-state index contributed by atoms with van der Waals surface area (Å²) in [4.78, 5) is 20.7. The molecule has 0 saturated carbocycles. The van der Waals surface area contributed by atoms with Crippen LogP contribution in [-0.4, -0.2) is 29.6 Å². The lowest BCUT2D eigenvalue weighted by atomic mass is 10.2. The van der Waals surface area contributed by atoms with Crippen molar-refractivity contribution in [2.45, 2.75) is 38.6 Å². The Morgan fingerprint density at radius 3 is 2.57 bits per heavy atom. The van der Waals surface area contributed by atoms with Crippen LogP contribution in [0.3, 0.4) is 0 Å². The minimum absolute atomic E-state index is 0.0670. The highest BCUT2D eigenvalue weighted by Crippen LogP contribution is 1.95. The number of rotatable bonds is 8. The van der Waals surface area contributed by atoms with Crippen molar-refractivity contribution < 1.29 is 14.7 Å². The number of nitrogens with two attached hydrogens (primary N) is 1. The van der Waals surface area contributed by atoms with Gasteiger partial charge in [-0.2, -0.15) is 0 Å². The molecule has 0 aromatic heterocycles. The van der Waals surface area contributed by atoms with Crippen molar-refractivity contribution in [1.29, 1.82) is 0 Å². The minimum atomic E-state index is -0.768. The summed E-state index contributed by atoms with van der Waals surface area (Å²) in [6.07, 6.45) is 1.98. The van der Waals surface area contributed by atoms with Crippen LogP contribution >= 0.6 is 0 Å². The van der Waals surface area contributed by atoms with E-state index < -0.39 is 5.97 Å². The number of aliphatic carboxylic acids is 1. The van der Waals surface area contributed by atoms with Crippen molar-refractivity contribution in [2.75, 3.05) is 6.54 Å². The monoisotopic (exact) mass is 202 g/mol. The number of unbranched alkanes of at least 4 members (excludes halogenated alkanes) is 1. The molecule has 14 heavy (non-hydrogen) atoms. The smallest absolute Gasteiger partial charge is 0.303 e. The Labute approximate surface area is 83.7 Å². The summed E-state index contributed by atoms with van der Waals surface area (Å²) in [5.74, 6) is -1.09. The molecule has 0 aliphatic rings. The molecule has 0 aliphatic carbocycles. The van der Waals surface area contributed by atoms with E-state index in [-0.39, 0.29) is 18.4 Å². The fourth-order valence-electron chi connectivity index (χ4n) is 1.12. The number of primary amides is 1. The van der Waals surface area contributed by atoms with E-state index in [2.05, 4.69) is 5.32 Å². The van der Waals surface area contributed by atoms with E-state index in [9.17, 15) is 9.59 Å². The third kappa shape index (κ3) is 8.99. The van der Waals surface area contributed by atoms with E-state index >= 15 is 0 Å². The van der Waals surface area contributed by atoms with Crippen molar-refractivity contribution >= 4 is 11.9 Å². The van der Waals surface area contributed by atoms with Gasteiger partial charge in [0.05, 0.1) is 0 Å². The van der Waals surface area contributed by atoms with Gasteiger partial charge in [-0.25, -0.2) is 0 Å². The first-order chi connectivity index (χ1) is 6.52. The standard InChI is InChI=1S/C9H18N2O3/c1-7(6-8(10)12)11-5-3-2-4-9(13)14/h7,11H,2-6H2,1H3,(H2,10,12)(H,13,14). The molecule has 1 atom stereocenters. The molecule has 0 heterocycles. The van der Waals surface area contributed by atoms with Crippen LogP contribution in [0.4, 0.5) is 0 Å². The number of carbonyl (C=O) groups excluding carboxylic acids is 1. The van der Waals surface area contributed by atoms with Crippen molar-refractivity contribution in [2.24, 2.45) is 5.73 Å². The average Bonchev–Trinajstić information content (AvgIpc) is 2.01. The van der Waals surface area contributed by atoms with Gasteiger partial charge in [-0.15, -0.1) is 0 Å². The summed E-state index contributed by atoms with van der Waals surface area (Å²) in [5.41, 5.74) is 5.01. The van der Waals surface area contributed by atoms with Crippen LogP contribution in [0.15, 0.2) is 0 Å². The van der Waals surface area contributed by atoms with Crippen LogP contribution < -0.4 is 11.1 Å². The minimum Gasteiger partial charge on any atom is -0.481 e. The van der Waals surface area contributed by atoms with Gasteiger partial charge < -0.3 is 16.2 Å². The third-order valence-electron chi connectivity index (χ3n) is 1.82. The summed E-state index contributed by atoms with van der Waals surface area (Å²) in [5, 5.41) is 11.5. The number of hydrogen-bond donors (Lipinski definition) is 3. The van der Waals surface area contributed by atoms with Gasteiger partial charge in [-0.1, -0.05) is 0 Å². The summed E-state index contributed by atoms with van der Waals surface area (Å²) in [6.45, 7) is 2.60. The van der Waals surface area contributed by atoms with Crippen LogP contribution in [-0.2, 0) is 9.59 Å². The summed E-state index contributed by atoms with van der Waals surface area (Å²) in [6, 6.07) is 0.0670. The molecule has 0 rings (SSSR count). The molecule has 0 radical (unpaired) electrons. The zero-order valence-corrected chi connectivity index (χ0v) is 8.45. The van der Waals surface area contributed by atoms with E-state index in [1.165, 1.54) is 0 Å². The summed E-state index contributed by atoms with van der Waals surface area (Å²) in [7, 11) is 0. The maximum atomic E-state index is 10.5. The van der Waals surface area contributed by atoms with Crippen LogP contribution in [0.1, 0.15) is 32.6 Å². The highest BCUT2D eigenvalue weighted by Gasteiger charge is 2.04. The van der Waals surface area contributed by atoms with Gasteiger partial charge in [-0.3, -0.25) is 9.59 Å². The Morgan fingerprint density at radius 2 is 2.07 bits per heavy atom. The Balaban J connectivity index is 3.27. The van der Waals surface area contributed by atoms with Gasteiger partial charge in [0.2, 0.25) is 5.91 Å². The molecule has 1 unspecified atom stereocenters. The third-order valence-corrected chi connectivity index (χ3v) is 1.82. The zero-order chi connectivity index (χ0) is 11.0. The molecule has 0 bridgehead atoms. The second-order valence-electron chi connectivity index (χ2n) is 3.38. The van der Waals surface area contributed by atoms with Crippen LogP contribution in [0, 0.1) is 0 Å². The maximum absolute atomic E-state index is 10.5. The lowest BCUT2D eigenvalue weighted by Crippen LogP contribution is -2.31. The van der Waals surface area contributed by atoms with E-state index in [0.29, 0.717) is 12.8 Å². The second kappa shape index (κ2) is 7.32. The first-order valence-corrected chi connectivity index (χ1v) is 4.76. The number of hydrogen-bond acceptors (Lipinski definition) is 3. The Kier molecular flexibility index (Phi) is 6.74. The molecule has 0 spiro atoms. The van der Waals surface area contributed by atoms with Crippen molar-refractivity contribution in [3.05, 3.63) is 0 Å². The number of carboxylic acids is 1.